The Balaban J connectivity index is 1.36. The van der Waals surface area contributed by atoms with Gasteiger partial charge in [0.05, 0.1) is 10.7 Å². The van der Waals surface area contributed by atoms with Crippen LogP contribution in [-0.4, -0.2) is 17.6 Å². The molecule has 0 aliphatic heterocycles. The van der Waals surface area contributed by atoms with E-state index in [4.69, 9.17) is 16.1 Å². The molecule has 1 aromatic heterocycles. The predicted octanol–water partition coefficient (Wildman–Crippen LogP) is 5.58. The molecule has 0 saturated heterocycles. The summed E-state index contributed by atoms with van der Waals surface area (Å²) in [6.07, 6.45) is 0.952. The molecule has 1 amide bonds. The zero-order chi connectivity index (χ0) is 21.5. The number of hydrogen-bond acceptors (Lipinski definition) is 4. The summed E-state index contributed by atoms with van der Waals surface area (Å²) < 4.78 is 5.31. The molecule has 4 aromatic rings. The summed E-state index contributed by atoms with van der Waals surface area (Å²) >= 11 is 6.29. The Morgan fingerprint density at radius 1 is 0.903 bits per heavy atom. The standard InChI is InChI=1S/C25H22ClN3O2/c26-21-12-11-19(17-27-14-13-18-7-3-1-4-8-18)15-22(21)28-25(30)23-16-24(31-29-23)20-9-5-2-6-10-20/h1-12,15-16,27H,13-14,17H2,(H,28,30). The molecule has 0 bridgehead atoms. The number of amides is 1. The quantitative estimate of drug-likeness (QED) is 0.357. The van der Waals surface area contributed by atoms with Crippen molar-refractivity contribution in [1.29, 1.82) is 0 Å². The van der Waals surface area contributed by atoms with Crippen molar-refractivity contribution >= 4 is 23.2 Å². The number of carbonyl (C=O) groups excluding carboxylic acids is 1. The number of halogens is 1. The lowest BCUT2D eigenvalue weighted by Crippen LogP contribution is -2.17. The minimum absolute atomic E-state index is 0.196. The van der Waals surface area contributed by atoms with Gasteiger partial charge in [-0.1, -0.05) is 83.5 Å². The third-order valence-electron chi connectivity index (χ3n) is 4.84. The van der Waals surface area contributed by atoms with Gasteiger partial charge in [-0.3, -0.25) is 4.79 Å². The summed E-state index contributed by atoms with van der Waals surface area (Å²) in [6.45, 7) is 1.53. The van der Waals surface area contributed by atoms with Gasteiger partial charge >= 0.3 is 0 Å². The number of nitrogens with zero attached hydrogens (tertiary/aromatic N) is 1. The maximum atomic E-state index is 12.6. The highest BCUT2D eigenvalue weighted by Crippen LogP contribution is 2.25. The van der Waals surface area contributed by atoms with E-state index >= 15 is 0 Å². The van der Waals surface area contributed by atoms with E-state index in [1.54, 1.807) is 12.1 Å². The molecule has 0 saturated carbocycles. The fraction of sp³-hybridized carbons (Fsp3) is 0.120. The molecule has 0 unspecified atom stereocenters. The first-order chi connectivity index (χ1) is 15.2. The smallest absolute Gasteiger partial charge is 0.277 e. The minimum atomic E-state index is -0.373. The normalized spacial score (nSPS) is 10.7. The van der Waals surface area contributed by atoms with Crippen LogP contribution in [-0.2, 0) is 13.0 Å². The first-order valence-corrected chi connectivity index (χ1v) is 10.4. The van der Waals surface area contributed by atoms with Crippen LogP contribution in [0, 0.1) is 0 Å². The maximum Gasteiger partial charge on any atom is 0.277 e. The second-order valence-corrected chi connectivity index (χ2v) is 7.53. The van der Waals surface area contributed by atoms with Crippen molar-refractivity contribution in [2.24, 2.45) is 0 Å². The van der Waals surface area contributed by atoms with Crippen molar-refractivity contribution in [1.82, 2.24) is 10.5 Å². The Kier molecular flexibility index (Phi) is 6.77. The van der Waals surface area contributed by atoms with Gasteiger partial charge in [-0.15, -0.1) is 0 Å². The van der Waals surface area contributed by atoms with Gasteiger partial charge in [0.1, 0.15) is 0 Å². The summed E-state index contributed by atoms with van der Waals surface area (Å²) in [4.78, 5) is 12.6. The highest BCUT2D eigenvalue weighted by molar-refractivity contribution is 6.33. The van der Waals surface area contributed by atoms with Gasteiger partial charge in [0.2, 0.25) is 0 Å². The summed E-state index contributed by atoms with van der Waals surface area (Å²) in [5, 5.41) is 10.6. The largest absolute Gasteiger partial charge is 0.355 e. The van der Waals surface area contributed by atoms with Crippen LogP contribution in [0.1, 0.15) is 21.6 Å². The van der Waals surface area contributed by atoms with Crippen molar-refractivity contribution in [3.05, 3.63) is 107 Å². The van der Waals surface area contributed by atoms with E-state index in [1.165, 1.54) is 5.56 Å². The topological polar surface area (TPSA) is 67.2 Å². The molecule has 0 spiro atoms. The summed E-state index contributed by atoms with van der Waals surface area (Å²) in [5.74, 6) is 0.162. The highest BCUT2D eigenvalue weighted by Gasteiger charge is 2.15. The Morgan fingerprint density at radius 2 is 1.65 bits per heavy atom. The van der Waals surface area contributed by atoms with Crippen molar-refractivity contribution in [2.45, 2.75) is 13.0 Å². The van der Waals surface area contributed by atoms with Crippen LogP contribution < -0.4 is 10.6 Å². The zero-order valence-electron chi connectivity index (χ0n) is 16.8. The Bertz CT molecular complexity index is 1140. The number of rotatable bonds is 8. The lowest BCUT2D eigenvalue weighted by Gasteiger charge is -2.10. The van der Waals surface area contributed by atoms with Gasteiger partial charge in [-0.25, -0.2) is 0 Å². The van der Waals surface area contributed by atoms with E-state index < -0.39 is 0 Å². The molecule has 4 rings (SSSR count). The minimum Gasteiger partial charge on any atom is -0.355 e. The summed E-state index contributed by atoms with van der Waals surface area (Å²) in [7, 11) is 0. The fourth-order valence-electron chi connectivity index (χ4n) is 3.20. The second-order valence-electron chi connectivity index (χ2n) is 7.12. The van der Waals surface area contributed by atoms with E-state index in [-0.39, 0.29) is 11.6 Å². The van der Waals surface area contributed by atoms with Crippen LogP contribution in [0.5, 0.6) is 0 Å². The zero-order valence-corrected chi connectivity index (χ0v) is 17.6. The SMILES string of the molecule is O=C(Nc1cc(CNCCc2ccccc2)ccc1Cl)c1cc(-c2ccccc2)on1. The van der Waals surface area contributed by atoms with Crippen molar-refractivity contribution in [3.8, 4) is 11.3 Å². The molecule has 2 N–H and O–H groups in total. The van der Waals surface area contributed by atoms with Gasteiger partial charge < -0.3 is 15.2 Å². The average Bonchev–Trinajstić information content (AvgIpc) is 3.31. The van der Waals surface area contributed by atoms with E-state index in [0.717, 1.165) is 24.1 Å². The van der Waals surface area contributed by atoms with Gasteiger partial charge in [0.25, 0.3) is 5.91 Å². The Labute approximate surface area is 186 Å². The number of aromatic nitrogens is 1. The van der Waals surface area contributed by atoms with E-state index in [9.17, 15) is 4.79 Å². The van der Waals surface area contributed by atoms with Gasteiger partial charge in [0.15, 0.2) is 11.5 Å². The molecule has 0 aliphatic carbocycles. The molecule has 5 nitrogen and oxygen atoms in total. The number of benzene rings is 3. The Morgan fingerprint density at radius 3 is 2.42 bits per heavy atom. The Hall–Kier alpha value is -3.41. The van der Waals surface area contributed by atoms with Gasteiger partial charge in [0, 0.05) is 18.2 Å². The first-order valence-electron chi connectivity index (χ1n) is 10.1. The molecule has 0 aliphatic rings. The highest BCUT2D eigenvalue weighted by atomic mass is 35.5. The molecule has 1 heterocycles. The van der Waals surface area contributed by atoms with Crippen LogP contribution in [0.4, 0.5) is 5.69 Å². The van der Waals surface area contributed by atoms with E-state index in [0.29, 0.717) is 23.0 Å². The number of hydrogen-bond donors (Lipinski definition) is 2. The van der Waals surface area contributed by atoms with Crippen LogP contribution in [0.25, 0.3) is 11.3 Å². The van der Waals surface area contributed by atoms with Crippen LogP contribution in [0.2, 0.25) is 5.02 Å². The third-order valence-corrected chi connectivity index (χ3v) is 5.17. The first kappa shape index (κ1) is 20.8. The molecule has 0 radical (unpaired) electrons. The molecule has 31 heavy (non-hydrogen) atoms. The van der Waals surface area contributed by atoms with E-state index in [1.807, 2.05) is 60.7 Å². The average molecular weight is 432 g/mol. The lowest BCUT2D eigenvalue weighted by molar-refractivity contribution is 0.101. The third kappa shape index (κ3) is 5.60. The molecule has 3 aromatic carbocycles. The number of nitrogens with one attached hydrogen (secondary N) is 2. The number of carbonyl (C=O) groups is 1. The molecule has 0 atom stereocenters. The van der Waals surface area contributed by atoms with Crippen LogP contribution in [0.3, 0.4) is 0 Å². The second kappa shape index (κ2) is 10.1. The number of anilines is 1. The van der Waals surface area contributed by atoms with Crippen molar-refractivity contribution in [3.63, 3.8) is 0 Å². The van der Waals surface area contributed by atoms with Crippen LogP contribution in [0.15, 0.2) is 89.5 Å². The monoisotopic (exact) mass is 431 g/mol. The fourth-order valence-corrected chi connectivity index (χ4v) is 3.36. The molecule has 0 fully saturated rings. The summed E-state index contributed by atoms with van der Waals surface area (Å²) in [6, 6.07) is 27.1. The lowest BCUT2D eigenvalue weighted by atomic mass is 10.1. The molecular weight excluding hydrogens is 410 g/mol. The molecular formula is C25H22ClN3O2. The van der Waals surface area contributed by atoms with Crippen molar-refractivity contribution < 1.29 is 9.32 Å². The van der Waals surface area contributed by atoms with Gasteiger partial charge in [-0.05, 0) is 36.2 Å². The van der Waals surface area contributed by atoms with Gasteiger partial charge in [-0.2, -0.15) is 0 Å². The molecule has 156 valence electrons. The van der Waals surface area contributed by atoms with Crippen molar-refractivity contribution in [2.75, 3.05) is 11.9 Å². The summed E-state index contributed by atoms with van der Waals surface area (Å²) in [5.41, 5.74) is 3.91. The maximum absolute atomic E-state index is 12.6. The van der Waals surface area contributed by atoms with E-state index in [2.05, 4.69) is 27.9 Å². The molecule has 6 heteroatoms. The van der Waals surface area contributed by atoms with Crippen LogP contribution >= 0.6 is 11.6 Å². The predicted molar refractivity (Wildman–Crippen MR) is 123 cm³/mol.